The summed E-state index contributed by atoms with van der Waals surface area (Å²) in [6.45, 7) is 4.13. The fourth-order valence-corrected chi connectivity index (χ4v) is 1.74. The Hall–Kier alpha value is -1.74. The molecule has 1 aromatic carbocycles. The fourth-order valence-electron chi connectivity index (χ4n) is 1.68. The highest BCUT2D eigenvalue weighted by molar-refractivity contribution is 6.29. The van der Waals surface area contributed by atoms with Crippen molar-refractivity contribution in [3.8, 4) is 5.75 Å². The molecule has 0 saturated carbocycles. The molecule has 0 atom stereocenters. The first-order valence-electron chi connectivity index (χ1n) is 5.21. The maximum atomic E-state index is 5.73. The number of anilines is 1. The molecule has 3 nitrogen and oxygen atoms in total. The van der Waals surface area contributed by atoms with Crippen molar-refractivity contribution in [3.05, 3.63) is 42.1 Å². The van der Waals surface area contributed by atoms with Gasteiger partial charge in [-0.2, -0.15) is 0 Å². The van der Waals surface area contributed by atoms with Gasteiger partial charge in [-0.05, 0) is 12.1 Å². The van der Waals surface area contributed by atoms with Gasteiger partial charge in [0.2, 0.25) is 0 Å². The Morgan fingerprint density at radius 2 is 2.24 bits per heavy atom. The molecule has 4 heteroatoms. The van der Waals surface area contributed by atoms with E-state index in [4.69, 9.17) is 16.3 Å². The van der Waals surface area contributed by atoms with Crippen LogP contribution in [0, 0.1) is 0 Å². The number of benzene rings is 1. The van der Waals surface area contributed by atoms with Crippen LogP contribution in [0.5, 0.6) is 5.75 Å². The first kappa shape index (κ1) is 11.7. The molecule has 0 aliphatic heterocycles. The maximum absolute atomic E-state index is 5.73. The average molecular weight is 249 g/mol. The highest BCUT2D eigenvalue weighted by Gasteiger charge is 2.05. The van der Waals surface area contributed by atoms with Gasteiger partial charge in [-0.25, -0.2) is 4.98 Å². The van der Waals surface area contributed by atoms with Gasteiger partial charge in [-0.3, -0.25) is 0 Å². The Morgan fingerprint density at radius 1 is 1.41 bits per heavy atom. The molecule has 2 rings (SSSR count). The van der Waals surface area contributed by atoms with Crippen molar-refractivity contribution in [2.75, 3.05) is 19.0 Å². The number of hydrogen-bond acceptors (Lipinski definition) is 3. The van der Waals surface area contributed by atoms with Crippen molar-refractivity contribution in [2.24, 2.45) is 0 Å². The van der Waals surface area contributed by atoms with E-state index in [2.05, 4.69) is 16.9 Å². The van der Waals surface area contributed by atoms with Gasteiger partial charge in [0.15, 0.2) is 0 Å². The average Bonchev–Trinajstić information content (AvgIpc) is 2.35. The second-order valence-electron chi connectivity index (χ2n) is 3.59. The zero-order valence-corrected chi connectivity index (χ0v) is 10.3. The summed E-state index contributed by atoms with van der Waals surface area (Å²) >= 11 is 5.73. The molecule has 0 radical (unpaired) electrons. The standard InChI is InChI=1S/C13H13ClN2O/c1-9(14)8-16-13-11-4-3-5-12(17-2)10(11)6-7-15-13/h3-7H,1,8H2,2H3,(H,15,16). The van der Waals surface area contributed by atoms with E-state index in [0.29, 0.717) is 11.6 Å². The third kappa shape index (κ3) is 2.50. The Labute approximate surface area is 105 Å². The van der Waals surface area contributed by atoms with Crippen LogP contribution >= 0.6 is 11.6 Å². The van der Waals surface area contributed by atoms with E-state index in [1.807, 2.05) is 24.3 Å². The minimum absolute atomic E-state index is 0.491. The zero-order valence-electron chi connectivity index (χ0n) is 9.53. The van der Waals surface area contributed by atoms with Gasteiger partial charge in [0.05, 0.1) is 13.7 Å². The van der Waals surface area contributed by atoms with E-state index in [-0.39, 0.29) is 0 Å². The van der Waals surface area contributed by atoms with Crippen molar-refractivity contribution in [1.29, 1.82) is 0 Å². The first-order chi connectivity index (χ1) is 8.22. The van der Waals surface area contributed by atoms with Gasteiger partial charge >= 0.3 is 0 Å². The largest absolute Gasteiger partial charge is 0.496 e. The molecule has 2 aromatic rings. The minimum Gasteiger partial charge on any atom is -0.496 e. The number of nitrogens with one attached hydrogen (secondary N) is 1. The van der Waals surface area contributed by atoms with Crippen LogP contribution in [-0.4, -0.2) is 18.6 Å². The lowest BCUT2D eigenvalue weighted by molar-refractivity contribution is 0.420. The number of nitrogens with zero attached hydrogens (tertiary/aromatic N) is 1. The Morgan fingerprint density at radius 3 is 2.94 bits per heavy atom. The van der Waals surface area contributed by atoms with Crippen LogP contribution in [-0.2, 0) is 0 Å². The molecule has 0 fully saturated rings. The maximum Gasteiger partial charge on any atom is 0.134 e. The minimum atomic E-state index is 0.491. The second kappa shape index (κ2) is 5.06. The molecular formula is C13H13ClN2O. The van der Waals surface area contributed by atoms with Crippen molar-refractivity contribution in [2.45, 2.75) is 0 Å². The molecule has 17 heavy (non-hydrogen) atoms. The summed E-state index contributed by atoms with van der Waals surface area (Å²) in [4.78, 5) is 4.29. The Kier molecular flexibility index (Phi) is 3.49. The predicted octanol–water partition coefficient (Wildman–Crippen LogP) is 3.41. The predicted molar refractivity (Wildman–Crippen MR) is 71.8 cm³/mol. The van der Waals surface area contributed by atoms with E-state index < -0.39 is 0 Å². The molecule has 1 N–H and O–H groups in total. The molecule has 88 valence electrons. The van der Waals surface area contributed by atoms with Crippen LogP contribution in [0.1, 0.15) is 0 Å². The van der Waals surface area contributed by atoms with Crippen LogP contribution in [0.2, 0.25) is 0 Å². The lowest BCUT2D eigenvalue weighted by atomic mass is 10.1. The lowest BCUT2D eigenvalue weighted by Gasteiger charge is -2.10. The molecular weight excluding hydrogens is 236 g/mol. The van der Waals surface area contributed by atoms with Crippen molar-refractivity contribution in [1.82, 2.24) is 4.98 Å². The third-order valence-electron chi connectivity index (χ3n) is 2.43. The second-order valence-corrected chi connectivity index (χ2v) is 4.12. The van der Waals surface area contributed by atoms with E-state index in [9.17, 15) is 0 Å². The Bertz CT molecular complexity index is 554. The summed E-state index contributed by atoms with van der Waals surface area (Å²) in [6.07, 6.45) is 1.74. The van der Waals surface area contributed by atoms with Gasteiger partial charge in [-0.1, -0.05) is 30.3 Å². The summed E-state index contributed by atoms with van der Waals surface area (Å²) < 4.78 is 5.31. The van der Waals surface area contributed by atoms with Crippen molar-refractivity contribution >= 4 is 28.2 Å². The smallest absolute Gasteiger partial charge is 0.134 e. The van der Waals surface area contributed by atoms with Crippen LogP contribution in [0.4, 0.5) is 5.82 Å². The molecule has 0 unspecified atom stereocenters. The zero-order chi connectivity index (χ0) is 12.3. The number of pyridine rings is 1. The fraction of sp³-hybridized carbons (Fsp3) is 0.154. The molecule has 0 spiro atoms. The number of halogens is 1. The first-order valence-corrected chi connectivity index (χ1v) is 5.59. The summed E-state index contributed by atoms with van der Waals surface area (Å²) in [5.74, 6) is 1.61. The normalized spacial score (nSPS) is 10.2. The number of aromatic nitrogens is 1. The summed E-state index contributed by atoms with van der Waals surface area (Å²) in [5, 5.41) is 5.71. The third-order valence-corrected chi connectivity index (χ3v) is 2.57. The topological polar surface area (TPSA) is 34.2 Å². The van der Waals surface area contributed by atoms with Gasteiger partial charge in [0.1, 0.15) is 11.6 Å². The molecule has 0 saturated heterocycles. The lowest BCUT2D eigenvalue weighted by Crippen LogP contribution is -2.03. The highest BCUT2D eigenvalue weighted by atomic mass is 35.5. The number of rotatable bonds is 4. The van der Waals surface area contributed by atoms with E-state index in [0.717, 1.165) is 22.3 Å². The van der Waals surface area contributed by atoms with Gasteiger partial charge in [-0.15, -0.1) is 0 Å². The molecule has 0 bridgehead atoms. The van der Waals surface area contributed by atoms with Crippen molar-refractivity contribution in [3.63, 3.8) is 0 Å². The number of ether oxygens (including phenoxy) is 1. The van der Waals surface area contributed by atoms with Crippen LogP contribution in [0.15, 0.2) is 42.1 Å². The molecule has 0 aliphatic rings. The van der Waals surface area contributed by atoms with E-state index in [1.165, 1.54) is 0 Å². The van der Waals surface area contributed by atoms with Gasteiger partial charge in [0, 0.05) is 22.0 Å². The van der Waals surface area contributed by atoms with Gasteiger partial charge in [0.25, 0.3) is 0 Å². The summed E-state index contributed by atoms with van der Waals surface area (Å²) in [6, 6.07) is 7.77. The number of hydrogen-bond donors (Lipinski definition) is 1. The number of fused-ring (bicyclic) bond motifs is 1. The van der Waals surface area contributed by atoms with E-state index >= 15 is 0 Å². The SMILES string of the molecule is C=C(Cl)CNc1nccc2c(OC)cccc12. The number of methoxy groups -OCH3 is 1. The van der Waals surface area contributed by atoms with Crippen LogP contribution < -0.4 is 10.1 Å². The van der Waals surface area contributed by atoms with Crippen LogP contribution in [0.3, 0.4) is 0 Å². The van der Waals surface area contributed by atoms with Crippen LogP contribution in [0.25, 0.3) is 10.8 Å². The monoisotopic (exact) mass is 248 g/mol. The van der Waals surface area contributed by atoms with Crippen molar-refractivity contribution < 1.29 is 4.74 Å². The Balaban J connectivity index is 2.46. The molecule has 0 aliphatic carbocycles. The molecule has 1 heterocycles. The van der Waals surface area contributed by atoms with E-state index in [1.54, 1.807) is 13.3 Å². The molecule has 1 aromatic heterocycles. The highest BCUT2D eigenvalue weighted by Crippen LogP contribution is 2.28. The molecule has 0 amide bonds. The summed E-state index contributed by atoms with van der Waals surface area (Å²) in [7, 11) is 1.66. The van der Waals surface area contributed by atoms with Gasteiger partial charge < -0.3 is 10.1 Å². The summed E-state index contributed by atoms with van der Waals surface area (Å²) in [5.41, 5.74) is 0. The quantitative estimate of drug-likeness (QED) is 0.900.